The highest BCUT2D eigenvalue weighted by molar-refractivity contribution is 6.42. The Balaban J connectivity index is 1.74. The summed E-state index contributed by atoms with van der Waals surface area (Å²) in [5, 5.41) is 3.78. The first-order valence-electron chi connectivity index (χ1n) is 9.64. The lowest BCUT2D eigenvalue weighted by atomic mass is 9.73. The van der Waals surface area contributed by atoms with E-state index in [2.05, 4.69) is 5.32 Å². The lowest BCUT2D eigenvalue weighted by molar-refractivity contribution is -0.122. The van der Waals surface area contributed by atoms with E-state index in [0.29, 0.717) is 45.7 Å². The number of ether oxygens (including phenoxy) is 2. The molecule has 2 atom stereocenters. The number of rotatable bonds is 4. The summed E-state index contributed by atoms with van der Waals surface area (Å²) >= 11 is 12.2. The van der Waals surface area contributed by atoms with Crippen LogP contribution in [0.5, 0.6) is 11.5 Å². The fraction of sp³-hybridized carbons (Fsp3) is 0.304. The van der Waals surface area contributed by atoms with E-state index in [4.69, 9.17) is 32.7 Å². The number of ketones is 1. The molecule has 7 heteroatoms. The smallest absolute Gasteiger partial charge is 0.225 e. The van der Waals surface area contributed by atoms with Gasteiger partial charge in [-0.05, 0) is 42.3 Å². The van der Waals surface area contributed by atoms with Crippen LogP contribution in [0.3, 0.4) is 0 Å². The molecule has 1 amide bonds. The molecule has 0 aromatic heterocycles. The van der Waals surface area contributed by atoms with Crippen molar-refractivity contribution in [2.24, 2.45) is 0 Å². The molecule has 0 saturated heterocycles. The molecule has 0 saturated carbocycles. The van der Waals surface area contributed by atoms with Gasteiger partial charge in [-0.25, -0.2) is 0 Å². The van der Waals surface area contributed by atoms with Gasteiger partial charge in [-0.2, -0.15) is 0 Å². The molecule has 1 aliphatic heterocycles. The maximum absolute atomic E-state index is 13.3. The topological polar surface area (TPSA) is 64.6 Å². The van der Waals surface area contributed by atoms with Crippen molar-refractivity contribution in [3.8, 4) is 11.5 Å². The van der Waals surface area contributed by atoms with Crippen molar-refractivity contribution in [1.82, 2.24) is 5.32 Å². The first kappa shape index (κ1) is 20.8. The van der Waals surface area contributed by atoms with E-state index in [9.17, 15) is 9.59 Å². The second-order valence-electron chi connectivity index (χ2n) is 7.51. The van der Waals surface area contributed by atoms with Crippen molar-refractivity contribution in [3.63, 3.8) is 0 Å². The quantitative estimate of drug-likeness (QED) is 0.717. The molecule has 5 nitrogen and oxygen atoms in total. The Bertz CT molecular complexity index is 1060. The molecule has 2 aromatic carbocycles. The Hall–Kier alpha value is -2.50. The number of benzene rings is 2. The zero-order valence-electron chi connectivity index (χ0n) is 16.6. The van der Waals surface area contributed by atoms with Gasteiger partial charge in [0, 0.05) is 41.5 Å². The maximum atomic E-state index is 13.3. The molecule has 0 radical (unpaired) electrons. The van der Waals surface area contributed by atoms with E-state index >= 15 is 0 Å². The number of amides is 1. The van der Waals surface area contributed by atoms with Gasteiger partial charge in [0.1, 0.15) is 11.5 Å². The van der Waals surface area contributed by atoms with E-state index in [1.54, 1.807) is 26.4 Å². The molecule has 1 N–H and O–H groups in total. The summed E-state index contributed by atoms with van der Waals surface area (Å²) < 4.78 is 10.9. The molecule has 0 fully saturated rings. The van der Waals surface area contributed by atoms with Gasteiger partial charge < -0.3 is 14.8 Å². The number of Topliss-reactive ketones (excluding diaryl/α,β-unsaturated/α-hetero) is 1. The summed E-state index contributed by atoms with van der Waals surface area (Å²) in [6.07, 6.45) is 1.07. The number of allylic oxidation sites excluding steroid dienone is 2. The normalized spacial score (nSPS) is 21.2. The highest BCUT2D eigenvalue weighted by atomic mass is 35.5. The van der Waals surface area contributed by atoms with Crippen molar-refractivity contribution in [3.05, 3.63) is 68.8 Å². The molecule has 1 aliphatic carbocycles. The van der Waals surface area contributed by atoms with Crippen LogP contribution in [0.2, 0.25) is 10.0 Å². The first-order valence-corrected chi connectivity index (χ1v) is 10.4. The van der Waals surface area contributed by atoms with Crippen molar-refractivity contribution in [1.29, 1.82) is 0 Å². The Morgan fingerprint density at radius 2 is 1.73 bits per heavy atom. The largest absolute Gasteiger partial charge is 0.497 e. The number of methoxy groups -OCH3 is 2. The monoisotopic (exact) mass is 445 g/mol. The van der Waals surface area contributed by atoms with Crippen LogP contribution in [0.1, 0.15) is 42.2 Å². The Morgan fingerprint density at radius 3 is 2.43 bits per heavy atom. The minimum atomic E-state index is -0.329. The van der Waals surface area contributed by atoms with Crippen LogP contribution in [0.15, 0.2) is 47.7 Å². The van der Waals surface area contributed by atoms with E-state index in [1.165, 1.54) is 0 Å². The maximum Gasteiger partial charge on any atom is 0.225 e. The average Bonchev–Trinajstić information content (AvgIpc) is 2.74. The summed E-state index contributed by atoms with van der Waals surface area (Å²) in [6.45, 7) is 0. The molecular formula is C23H21Cl2NO4. The Labute approximate surface area is 185 Å². The summed E-state index contributed by atoms with van der Waals surface area (Å²) in [7, 11) is 3.20. The standard InChI is InChI=1S/C23H21Cl2NO4/c1-29-14-4-6-21(30-2)15(10-14)13-8-19-23(20(27)9-13)16(11-22(28)26-19)12-3-5-17(24)18(25)7-12/h3-7,10,13,16H,8-9,11H2,1-2H3,(H,26,28)/t13-,16+/m1/s1. The molecule has 2 aliphatic rings. The van der Waals surface area contributed by atoms with Crippen LogP contribution < -0.4 is 14.8 Å². The van der Waals surface area contributed by atoms with Crippen molar-refractivity contribution in [2.75, 3.05) is 14.2 Å². The molecule has 0 bridgehead atoms. The summed E-state index contributed by atoms with van der Waals surface area (Å²) in [4.78, 5) is 25.7. The van der Waals surface area contributed by atoms with Gasteiger partial charge in [-0.15, -0.1) is 0 Å². The molecule has 0 spiro atoms. The van der Waals surface area contributed by atoms with Crippen molar-refractivity contribution < 1.29 is 19.1 Å². The van der Waals surface area contributed by atoms with Crippen LogP contribution in [0.25, 0.3) is 0 Å². The first-order chi connectivity index (χ1) is 14.4. The molecule has 1 heterocycles. The zero-order valence-corrected chi connectivity index (χ0v) is 18.1. The Morgan fingerprint density at radius 1 is 0.933 bits per heavy atom. The van der Waals surface area contributed by atoms with Crippen LogP contribution >= 0.6 is 23.2 Å². The minimum Gasteiger partial charge on any atom is -0.497 e. The van der Waals surface area contributed by atoms with Gasteiger partial charge in [0.15, 0.2) is 5.78 Å². The average molecular weight is 446 g/mol. The third kappa shape index (κ3) is 3.80. The number of hydrogen-bond donors (Lipinski definition) is 1. The van der Waals surface area contributed by atoms with Crippen LogP contribution in [0, 0.1) is 0 Å². The van der Waals surface area contributed by atoms with Gasteiger partial charge in [-0.1, -0.05) is 29.3 Å². The third-order valence-electron chi connectivity index (χ3n) is 5.76. The number of hydrogen-bond acceptors (Lipinski definition) is 4. The fourth-order valence-corrected chi connectivity index (χ4v) is 4.66. The lowest BCUT2D eigenvalue weighted by Gasteiger charge is -2.35. The Kier molecular flexibility index (Phi) is 5.76. The van der Waals surface area contributed by atoms with Crippen LogP contribution in [-0.2, 0) is 9.59 Å². The summed E-state index contributed by atoms with van der Waals surface area (Å²) in [5.41, 5.74) is 3.04. The SMILES string of the molecule is COc1ccc(OC)c([C@H]2CC(=O)C3=C(C2)NC(=O)C[C@H]3c2ccc(Cl)c(Cl)c2)c1. The summed E-state index contributed by atoms with van der Waals surface area (Å²) in [5.74, 6) is 0.844. The second-order valence-corrected chi connectivity index (χ2v) is 8.32. The van der Waals surface area contributed by atoms with Crippen LogP contribution in [-0.4, -0.2) is 25.9 Å². The number of carbonyl (C=O) groups is 2. The number of halogens is 2. The fourth-order valence-electron chi connectivity index (χ4n) is 4.35. The van der Waals surface area contributed by atoms with Gasteiger partial charge in [0.05, 0.1) is 24.3 Å². The predicted molar refractivity (Wildman–Crippen MR) is 116 cm³/mol. The lowest BCUT2D eigenvalue weighted by Crippen LogP contribution is -2.38. The van der Waals surface area contributed by atoms with Gasteiger partial charge >= 0.3 is 0 Å². The van der Waals surface area contributed by atoms with Crippen molar-refractivity contribution >= 4 is 34.9 Å². The summed E-state index contributed by atoms with van der Waals surface area (Å²) in [6, 6.07) is 10.8. The molecule has 4 rings (SSSR count). The minimum absolute atomic E-state index is 0.0159. The van der Waals surface area contributed by atoms with Gasteiger partial charge in [0.2, 0.25) is 5.91 Å². The third-order valence-corrected chi connectivity index (χ3v) is 6.50. The number of carbonyl (C=O) groups excluding carboxylic acids is 2. The van der Waals surface area contributed by atoms with Gasteiger partial charge in [-0.3, -0.25) is 9.59 Å². The van der Waals surface area contributed by atoms with E-state index < -0.39 is 0 Å². The van der Waals surface area contributed by atoms with E-state index in [1.807, 2.05) is 24.3 Å². The molecule has 2 aromatic rings. The van der Waals surface area contributed by atoms with E-state index in [-0.39, 0.29) is 29.9 Å². The van der Waals surface area contributed by atoms with Crippen molar-refractivity contribution in [2.45, 2.75) is 31.1 Å². The highest BCUT2D eigenvalue weighted by Crippen LogP contribution is 2.45. The molecule has 30 heavy (non-hydrogen) atoms. The van der Waals surface area contributed by atoms with E-state index in [0.717, 1.165) is 11.1 Å². The molecule has 156 valence electrons. The molecular weight excluding hydrogens is 425 g/mol. The van der Waals surface area contributed by atoms with Gasteiger partial charge in [0.25, 0.3) is 0 Å². The highest BCUT2D eigenvalue weighted by Gasteiger charge is 2.39. The predicted octanol–water partition coefficient (Wildman–Crippen LogP) is 5.01. The van der Waals surface area contributed by atoms with Crippen LogP contribution in [0.4, 0.5) is 0 Å². The number of nitrogens with one attached hydrogen (secondary N) is 1. The zero-order chi connectivity index (χ0) is 21.4. The second kappa shape index (κ2) is 8.32. The molecule has 0 unspecified atom stereocenters.